The monoisotopic (exact) mass is 203 g/mol. The van der Waals surface area contributed by atoms with Crippen LogP contribution in [0, 0.1) is 5.92 Å². The number of rotatable bonds is 6. The van der Waals surface area contributed by atoms with Gasteiger partial charge in [-0.2, -0.15) is 0 Å². The van der Waals surface area contributed by atoms with Gasteiger partial charge in [0.25, 0.3) is 0 Å². The smallest absolute Gasteiger partial charge is 0.323 e. The molecule has 0 radical (unpaired) electrons. The van der Waals surface area contributed by atoms with Crippen molar-refractivity contribution in [2.45, 2.75) is 38.6 Å². The Morgan fingerprint density at radius 1 is 1.36 bits per heavy atom. The van der Waals surface area contributed by atoms with E-state index in [9.17, 15) is 9.59 Å². The van der Waals surface area contributed by atoms with Crippen molar-refractivity contribution in [3.05, 3.63) is 0 Å². The number of aliphatic carboxylic acids is 2. The van der Waals surface area contributed by atoms with Crippen LogP contribution in [0.1, 0.15) is 33.1 Å². The van der Waals surface area contributed by atoms with Crippen LogP contribution in [0.25, 0.3) is 0 Å². The van der Waals surface area contributed by atoms with Gasteiger partial charge < -0.3 is 15.9 Å². The van der Waals surface area contributed by atoms with Gasteiger partial charge in [-0.1, -0.05) is 13.8 Å². The minimum absolute atomic E-state index is 0.0231. The maximum absolute atomic E-state index is 10.8. The molecule has 4 N–H and O–H groups in total. The molecule has 5 heteroatoms. The summed E-state index contributed by atoms with van der Waals surface area (Å²) in [6, 6.07) is 0. The highest BCUT2D eigenvalue weighted by molar-refractivity contribution is 5.80. The summed E-state index contributed by atoms with van der Waals surface area (Å²) in [5.41, 5.74) is 4.17. The van der Waals surface area contributed by atoms with Gasteiger partial charge in [-0.05, 0) is 19.3 Å². The molecular weight excluding hydrogens is 186 g/mol. The standard InChI is InChI=1S/C9H17NO4/c1-3-6(7(11)12)5-9(10,4-2)8(13)14/h6H,3-5,10H2,1-2H3,(H,11,12)(H,13,14)/t6?,9-/m0/s1. The summed E-state index contributed by atoms with van der Waals surface area (Å²) in [6.07, 6.45) is 0.596. The molecule has 0 aliphatic heterocycles. The van der Waals surface area contributed by atoms with Gasteiger partial charge in [0.1, 0.15) is 5.54 Å². The first-order chi connectivity index (χ1) is 6.37. The second-order valence-electron chi connectivity index (χ2n) is 3.46. The quantitative estimate of drug-likeness (QED) is 0.589. The SMILES string of the molecule is CCC(C[C@@](N)(CC)C(=O)O)C(=O)O. The van der Waals surface area contributed by atoms with E-state index >= 15 is 0 Å². The molecule has 0 bridgehead atoms. The molecule has 0 amide bonds. The van der Waals surface area contributed by atoms with Gasteiger partial charge in [-0.15, -0.1) is 0 Å². The molecule has 0 heterocycles. The van der Waals surface area contributed by atoms with Crippen molar-refractivity contribution in [3.63, 3.8) is 0 Å². The van der Waals surface area contributed by atoms with E-state index in [2.05, 4.69) is 0 Å². The largest absolute Gasteiger partial charge is 0.481 e. The van der Waals surface area contributed by atoms with E-state index in [-0.39, 0.29) is 12.8 Å². The second-order valence-corrected chi connectivity index (χ2v) is 3.46. The Bertz CT molecular complexity index is 229. The van der Waals surface area contributed by atoms with Crippen LogP contribution in [-0.2, 0) is 9.59 Å². The fourth-order valence-corrected chi connectivity index (χ4v) is 1.23. The van der Waals surface area contributed by atoms with Crippen LogP contribution in [0.15, 0.2) is 0 Å². The lowest BCUT2D eigenvalue weighted by atomic mass is 9.85. The topological polar surface area (TPSA) is 101 Å². The molecule has 1 unspecified atom stereocenters. The van der Waals surface area contributed by atoms with Crippen LogP contribution in [0.2, 0.25) is 0 Å². The summed E-state index contributed by atoms with van der Waals surface area (Å²) in [5.74, 6) is -2.81. The lowest BCUT2D eigenvalue weighted by Gasteiger charge is -2.25. The first-order valence-electron chi connectivity index (χ1n) is 4.62. The summed E-state index contributed by atoms with van der Waals surface area (Å²) in [7, 11) is 0. The minimum atomic E-state index is -1.42. The average molecular weight is 203 g/mol. The first kappa shape index (κ1) is 12.9. The maximum atomic E-state index is 10.8. The van der Waals surface area contributed by atoms with E-state index in [1.807, 2.05) is 0 Å². The zero-order valence-corrected chi connectivity index (χ0v) is 8.49. The third-order valence-electron chi connectivity index (χ3n) is 2.51. The van der Waals surface area contributed by atoms with Crippen molar-refractivity contribution >= 4 is 11.9 Å². The normalized spacial score (nSPS) is 17.1. The van der Waals surface area contributed by atoms with Crippen molar-refractivity contribution in [1.82, 2.24) is 0 Å². The molecule has 5 nitrogen and oxygen atoms in total. The molecule has 0 spiro atoms. The Morgan fingerprint density at radius 3 is 2.07 bits per heavy atom. The van der Waals surface area contributed by atoms with Crippen molar-refractivity contribution in [2.24, 2.45) is 11.7 Å². The Hall–Kier alpha value is -1.10. The van der Waals surface area contributed by atoms with Crippen LogP contribution >= 0.6 is 0 Å². The second kappa shape index (κ2) is 4.95. The lowest BCUT2D eigenvalue weighted by molar-refractivity contribution is -0.147. The first-order valence-corrected chi connectivity index (χ1v) is 4.62. The molecule has 0 rings (SSSR count). The molecule has 0 aliphatic rings. The van der Waals surface area contributed by atoms with Crippen molar-refractivity contribution in [3.8, 4) is 0 Å². The molecule has 0 saturated heterocycles. The maximum Gasteiger partial charge on any atom is 0.323 e. The molecule has 0 aromatic carbocycles. The van der Waals surface area contributed by atoms with Crippen LogP contribution in [0.5, 0.6) is 0 Å². The van der Waals surface area contributed by atoms with Gasteiger partial charge >= 0.3 is 11.9 Å². The van der Waals surface area contributed by atoms with Crippen LogP contribution < -0.4 is 5.73 Å². The molecule has 0 aliphatic carbocycles. The third-order valence-corrected chi connectivity index (χ3v) is 2.51. The van der Waals surface area contributed by atoms with E-state index in [4.69, 9.17) is 15.9 Å². The fourth-order valence-electron chi connectivity index (χ4n) is 1.23. The summed E-state index contributed by atoms with van der Waals surface area (Å²) in [6.45, 7) is 3.35. The fraction of sp³-hybridized carbons (Fsp3) is 0.778. The molecule has 2 atom stereocenters. The Balaban J connectivity index is 4.58. The van der Waals surface area contributed by atoms with E-state index in [0.717, 1.165) is 0 Å². The number of nitrogens with two attached hydrogens (primary N) is 1. The predicted octanol–water partition coefficient (Wildman–Crippen LogP) is 0.679. The lowest BCUT2D eigenvalue weighted by Crippen LogP contribution is -2.49. The molecule has 0 aromatic rings. The Morgan fingerprint density at radius 2 is 1.86 bits per heavy atom. The minimum Gasteiger partial charge on any atom is -0.481 e. The van der Waals surface area contributed by atoms with E-state index in [1.54, 1.807) is 13.8 Å². The van der Waals surface area contributed by atoms with Crippen LogP contribution in [0.3, 0.4) is 0 Å². The average Bonchev–Trinajstić information content (AvgIpc) is 2.12. The summed E-state index contributed by atoms with van der Waals surface area (Å²) >= 11 is 0. The predicted molar refractivity (Wildman–Crippen MR) is 50.9 cm³/mol. The third kappa shape index (κ3) is 2.99. The molecular formula is C9H17NO4. The highest BCUT2D eigenvalue weighted by atomic mass is 16.4. The number of hydrogen-bond acceptors (Lipinski definition) is 3. The van der Waals surface area contributed by atoms with Gasteiger partial charge in [0.2, 0.25) is 0 Å². The zero-order chi connectivity index (χ0) is 11.4. The van der Waals surface area contributed by atoms with E-state index in [1.165, 1.54) is 0 Å². The van der Waals surface area contributed by atoms with E-state index in [0.29, 0.717) is 6.42 Å². The van der Waals surface area contributed by atoms with Gasteiger partial charge in [0.15, 0.2) is 0 Å². The Labute approximate surface area is 82.9 Å². The van der Waals surface area contributed by atoms with Gasteiger partial charge in [0.05, 0.1) is 5.92 Å². The van der Waals surface area contributed by atoms with Gasteiger partial charge in [-0.25, -0.2) is 0 Å². The summed E-state index contributed by atoms with van der Waals surface area (Å²) < 4.78 is 0. The molecule has 0 saturated carbocycles. The van der Waals surface area contributed by atoms with Crippen LogP contribution in [0.4, 0.5) is 0 Å². The molecule has 14 heavy (non-hydrogen) atoms. The zero-order valence-electron chi connectivity index (χ0n) is 8.49. The number of carboxylic acid groups (broad SMARTS) is 2. The number of hydrogen-bond donors (Lipinski definition) is 3. The van der Waals surface area contributed by atoms with Gasteiger partial charge in [0, 0.05) is 0 Å². The number of carboxylic acids is 2. The highest BCUT2D eigenvalue weighted by Gasteiger charge is 2.36. The molecule has 0 aromatic heterocycles. The molecule has 0 fully saturated rings. The van der Waals surface area contributed by atoms with Crippen molar-refractivity contribution in [2.75, 3.05) is 0 Å². The highest BCUT2D eigenvalue weighted by Crippen LogP contribution is 2.21. The van der Waals surface area contributed by atoms with E-state index < -0.39 is 23.4 Å². The summed E-state index contributed by atoms with van der Waals surface area (Å²) in [4.78, 5) is 21.5. The summed E-state index contributed by atoms with van der Waals surface area (Å²) in [5, 5.41) is 17.6. The Kier molecular flexibility index (Phi) is 4.56. The van der Waals surface area contributed by atoms with Crippen molar-refractivity contribution < 1.29 is 19.8 Å². The number of carbonyl (C=O) groups is 2. The van der Waals surface area contributed by atoms with Crippen LogP contribution in [-0.4, -0.2) is 27.7 Å². The van der Waals surface area contributed by atoms with Crippen molar-refractivity contribution in [1.29, 1.82) is 0 Å². The molecule has 82 valence electrons. The van der Waals surface area contributed by atoms with Gasteiger partial charge in [-0.3, -0.25) is 9.59 Å².